The first kappa shape index (κ1) is 20.4. The average molecular weight is 409 g/mol. The Kier molecular flexibility index (Phi) is 7.25. The molecule has 0 aliphatic heterocycles. The maximum atomic E-state index is 12.0. The van der Waals surface area contributed by atoms with Crippen LogP contribution in [0.4, 0.5) is 0 Å². The zero-order valence-corrected chi connectivity index (χ0v) is 16.7. The quantitative estimate of drug-likeness (QED) is 0.417. The molecule has 3 aromatic carbocycles. The highest BCUT2D eigenvalue weighted by Gasteiger charge is 2.07. The largest absolute Gasteiger partial charge is 0.490 e. The van der Waals surface area contributed by atoms with Crippen LogP contribution in [0.3, 0.4) is 0 Å². The molecule has 0 bridgehead atoms. The van der Waals surface area contributed by atoms with Crippen molar-refractivity contribution in [3.8, 4) is 11.5 Å². The van der Waals surface area contributed by atoms with E-state index in [1.54, 1.807) is 30.5 Å². The summed E-state index contributed by atoms with van der Waals surface area (Å²) in [6, 6.07) is 21.9. The molecule has 0 heterocycles. The van der Waals surface area contributed by atoms with Crippen molar-refractivity contribution in [3.05, 3.63) is 94.5 Å². The van der Waals surface area contributed by atoms with E-state index in [-0.39, 0.29) is 5.91 Å². The van der Waals surface area contributed by atoms with Gasteiger partial charge in [0.25, 0.3) is 5.91 Å². The van der Waals surface area contributed by atoms with Crippen LogP contribution in [0.2, 0.25) is 5.02 Å². The number of rotatable bonds is 8. The predicted molar refractivity (Wildman–Crippen MR) is 115 cm³/mol. The van der Waals surface area contributed by atoms with Crippen LogP contribution < -0.4 is 14.9 Å². The van der Waals surface area contributed by atoms with Crippen LogP contribution in [0.1, 0.15) is 28.4 Å². The second-order valence-corrected chi connectivity index (χ2v) is 6.56. The maximum absolute atomic E-state index is 12.0. The number of hydrogen-bond donors (Lipinski definition) is 1. The van der Waals surface area contributed by atoms with E-state index in [2.05, 4.69) is 10.5 Å². The Hall–Kier alpha value is -3.31. The van der Waals surface area contributed by atoms with Gasteiger partial charge in [-0.15, -0.1) is 0 Å². The van der Waals surface area contributed by atoms with E-state index in [4.69, 9.17) is 21.1 Å². The first-order chi connectivity index (χ1) is 14.2. The van der Waals surface area contributed by atoms with E-state index < -0.39 is 0 Å². The number of hydrogen-bond acceptors (Lipinski definition) is 4. The van der Waals surface area contributed by atoms with Crippen LogP contribution in [0, 0.1) is 0 Å². The van der Waals surface area contributed by atoms with Crippen molar-refractivity contribution >= 4 is 23.7 Å². The van der Waals surface area contributed by atoms with Crippen LogP contribution in [-0.4, -0.2) is 18.7 Å². The molecule has 0 aliphatic rings. The minimum atomic E-state index is -0.270. The number of amides is 1. The molecule has 0 unspecified atom stereocenters. The summed E-state index contributed by atoms with van der Waals surface area (Å²) in [7, 11) is 0. The Morgan fingerprint density at radius 3 is 2.59 bits per heavy atom. The molecule has 3 rings (SSSR count). The number of benzene rings is 3. The van der Waals surface area contributed by atoms with Crippen molar-refractivity contribution in [3.63, 3.8) is 0 Å². The summed E-state index contributed by atoms with van der Waals surface area (Å²) in [5.41, 5.74) is 4.80. The van der Waals surface area contributed by atoms with Gasteiger partial charge in [-0.3, -0.25) is 4.79 Å². The highest BCUT2D eigenvalue weighted by atomic mass is 35.5. The van der Waals surface area contributed by atoms with E-state index in [1.165, 1.54) is 0 Å². The standard InChI is InChI=1S/C23H21ClN2O3/c1-2-28-22-14-17(15-25-26-23(27)19-8-4-3-5-9-19)11-12-21(22)29-16-18-7-6-10-20(24)13-18/h3-15H,2,16H2,1H3,(H,26,27)/b25-15-. The Bertz CT molecular complexity index is 990. The Labute approximate surface area is 174 Å². The number of halogens is 1. The zero-order chi connectivity index (χ0) is 20.5. The van der Waals surface area contributed by atoms with Gasteiger partial charge in [0.05, 0.1) is 12.8 Å². The van der Waals surface area contributed by atoms with Crippen molar-refractivity contribution in [1.29, 1.82) is 0 Å². The lowest BCUT2D eigenvalue weighted by Gasteiger charge is -2.12. The second-order valence-electron chi connectivity index (χ2n) is 6.12. The molecule has 0 atom stereocenters. The first-order valence-electron chi connectivity index (χ1n) is 9.18. The molecular weight excluding hydrogens is 388 g/mol. The average Bonchev–Trinajstić information content (AvgIpc) is 2.74. The molecule has 148 valence electrons. The Morgan fingerprint density at radius 2 is 1.83 bits per heavy atom. The summed E-state index contributed by atoms with van der Waals surface area (Å²) < 4.78 is 11.6. The summed E-state index contributed by atoms with van der Waals surface area (Å²) in [5.74, 6) is 0.957. The van der Waals surface area contributed by atoms with Crippen molar-refractivity contribution in [2.75, 3.05) is 6.61 Å². The maximum Gasteiger partial charge on any atom is 0.271 e. The summed E-state index contributed by atoms with van der Waals surface area (Å²) in [5, 5.41) is 4.68. The van der Waals surface area contributed by atoms with Gasteiger partial charge in [-0.1, -0.05) is 41.9 Å². The van der Waals surface area contributed by atoms with Gasteiger partial charge in [0.2, 0.25) is 0 Å². The minimum absolute atomic E-state index is 0.270. The molecule has 0 aliphatic carbocycles. The highest BCUT2D eigenvalue weighted by molar-refractivity contribution is 6.30. The molecule has 3 aromatic rings. The molecule has 0 spiro atoms. The van der Waals surface area contributed by atoms with Gasteiger partial charge in [0.15, 0.2) is 11.5 Å². The van der Waals surface area contributed by atoms with E-state index in [0.717, 1.165) is 11.1 Å². The molecule has 0 aromatic heterocycles. The third-order valence-corrected chi connectivity index (χ3v) is 4.20. The van der Waals surface area contributed by atoms with E-state index in [0.29, 0.717) is 35.3 Å². The van der Waals surface area contributed by atoms with Crippen LogP contribution >= 0.6 is 11.6 Å². The van der Waals surface area contributed by atoms with Crippen molar-refractivity contribution < 1.29 is 14.3 Å². The van der Waals surface area contributed by atoms with Gasteiger partial charge in [0, 0.05) is 10.6 Å². The number of nitrogens with one attached hydrogen (secondary N) is 1. The summed E-state index contributed by atoms with van der Waals surface area (Å²) >= 11 is 6.01. The van der Waals surface area contributed by atoms with Crippen LogP contribution in [-0.2, 0) is 6.61 Å². The van der Waals surface area contributed by atoms with Gasteiger partial charge in [-0.05, 0) is 60.5 Å². The Morgan fingerprint density at radius 1 is 1.00 bits per heavy atom. The lowest BCUT2D eigenvalue weighted by atomic mass is 10.2. The van der Waals surface area contributed by atoms with E-state index in [9.17, 15) is 4.79 Å². The highest BCUT2D eigenvalue weighted by Crippen LogP contribution is 2.29. The van der Waals surface area contributed by atoms with Gasteiger partial charge < -0.3 is 9.47 Å². The smallest absolute Gasteiger partial charge is 0.271 e. The normalized spacial score (nSPS) is 10.7. The van der Waals surface area contributed by atoms with Gasteiger partial charge in [-0.2, -0.15) is 5.10 Å². The fourth-order valence-electron chi connectivity index (χ4n) is 2.60. The summed E-state index contributed by atoms with van der Waals surface area (Å²) in [4.78, 5) is 12.0. The minimum Gasteiger partial charge on any atom is -0.490 e. The van der Waals surface area contributed by atoms with Crippen molar-refractivity contribution in [2.45, 2.75) is 13.5 Å². The first-order valence-corrected chi connectivity index (χ1v) is 9.56. The van der Waals surface area contributed by atoms with Gasteiger partial charge >= 0.3 is 0 Å². The molecular formula is C23H21ClN2O3. The molecule has 1 N–H and O–H groups in total. The molecule has 0 fully saturated rings. The van der Waals surface area contributed by atoms with Crippen molar-refractivity contribution in [2.24, 2.45) is 5.10 Å². The van der Waals surface area contributed by atoms with Crippen molar-refractivity contribution in [1.82, 2.24) is 5.43 Å². The SMILES string of the molecule is CCOc1cc(/C=N\NC(=O)c2ccccc2)ccc1OCc1cccc(Cl)c1. The van der Waals surface area contributed by atoms with E-state index >= 15 is 0 Å². The molecule has 0 saturated carbocycles. The number of ether oxygens (including phenoxy) is 2. The lowest BCUT2D eigenvalue weighted by molar-refractivity contribution is 0.0955. The molecule has 0 saturated heterocycles. The summed E-state index contributed by atoms with van der Waals surface area (Å²) in [6.07, 6.45) is 1.56. The molecule has 6 heteroatoms. The molecule has 0 radical (unpaired) electrons. The fraction of sp³-hybridized carbons (Fsp3) is 0.130. The molecule has 29 heavy (non-hydrogen) atoms. The van der Waals surface area contributed by atoms with Crippen LogP contribution in [0.15, 0.2) is 77.9 Å². The second kappa shape index (κ2) is 10.3. The molecule has 5 nitrogen and oxygen atoms in total. The lowest BCUT2D eigenvalue weighted by Crippen LogP contribution is -2.17. The number of carbonyl (C=O) groups is 1. The van der Waals surface area contributed by atoms with Gasteiger partial charge in [-0.25, -0.2) is 5.43 Å². The monoisotopic (exact) mass is 408 g/mol. The van der Waals surface area contributed by atoms with Gasteiger partial charge in [0.1, 0.15) is 6.61 Å². The topological polar surface area (TPSA) is 59.9 Å². The van der Waals surface area contributed by atoms with E-state index in [1.807, 2.05) is 55.5 Å². The fourth-order valence-corrected chi connectivity index (χ4v) is 2.81. The van der Waals surface area contributed by atoms with Crippen LogP contribution in [0.5, 0.6) is 11.5 Å². The number of carbonyl (C=O) groups excluding carboxylic acids is 1. The third-order valence-electron chi connectivity index (χ3n) is 3.97. The zero-order valence-electron chi connectivity index (χ0n) is 16.0. The summed E-state index contributed by atoms with van der Waals surface area (Å²) in [6.45, 7) is 2.78. The third kappa shape index (κ3) is 6.09. The van der Waals surface area contributed by atoms with Crippen LogP contribution in [0.25, 0.3) is 0 Å². The predicted octanol–water partition coefficient (Wildman–Crippen LogP) is 5.08. The molecule has 1 amide bonds. The number of hydrazone groups is 1. The Balaban J connectivity index is 1.66. The number of nitrogens with zero attached hydrogens (tertiary/aromatic N) is 1.